The fraction of sp³-hybridized carbons (Fsp3) is 0.364. The SMILES string of the molecule is Cc1cc(N2CCCCC2)nc(NCCNC(=O)c2cc3ccccc3oc2=O)n1. The highest BCUT2D eigenvalue weighted by atomic mass is 16.4. The van der Waals surface area contributed by atoms with Crippen LogP contribution in [0.3, 0.4) is 0 Å². The number of aryl methyl sites for hydroxylation is 1. The number of piperidine rings is 1. The first-order valence-electron chi connectivity index (χ1n) is 10.3. The van der Waals surface area contributed by atoms with Crippen molar-refractivity contribution in [3.8, 4) is 0 Å². The number of para-hydroxylation sites is 1. The number of fused-ring (bicyclic) bond motifs is 1. The van der Waals surface area contributed by atoms with Crippen LogP contribution in [0.25, 0.3) is 11.0 Å². The summed E-state index contributed by atoms with van der Waals surface area (Å²) in [6.45, 7) is 4.73. The van der Waals surface area contributed by atoms with Gasteiger partial charge in [0.25, 0.3) is 5.91 Å². The molecule has 0 aliphatic carbocycles. The molecule has 1 fully saturated rings. The molecule has 0 radical (unpaired) electrons. The third kappa shape index (κ3) is 4.59. The molecule has 30 heavy (non-hydrogen) atoms. The van der Waals surface area contributed by atoms with E-state index in [-0.39, 0.29) is 5.56 Å². The first-order chi connectivity index (χ1) is 14.6. The lowest BCUT2D eigenvalue weighted by Crippen LogP contribution is -2.32. The molecule has 8 heteroatoms. The van der Waals surface area contributed by atoms with Crippen LogP contribution in [0.1, 0.15) is 35.3 Å². The van der Waals surface area contributed by atoms with Crippen molar-refractivity contribution in [3.05, 3.63) is 58.1 Å². The molecule has 2 N–H and O–H groups in total. The third-order valence-corrected chi connectivity index (χ3v) is 5.10. The van der Waals surface area contributed by atoms with Crippen LogP contribution in [-0.2, 0) is 0 Å². The van der Waals surface area contributed by atoms with Crippen molar-refractivity contribution in [1.29, 1.82) is 0 Å². The van der Waals surface area contributed by atoms with E-state index in [1.165, 1.54) is 19.3 Å². The summed E-state index contributed by atoms with van der Waals surface area (Å²) in [7, 11) is 0. The van der Waals surface area contributed by atoms with E-state index >= 15 is 0 Å². The van der Waals surface area contributed by atoms with Gasteiger partial charge in [-0.15, -0.1) is 0 Å². The zero-order valence-corrected chi connectivity index (χ0v) is 17.0. The largest absolute Gasteiger partial charge is 0.422 e. The van der Waals surface area contributed by atoms with Crippen molar-refractivity contribution in [1.82, 2.24) is 15.3 Å². The quantitative estimate of drug-likeness (QED) is 0.479. The van der Waals surface area contributed by atoms with Crippen molar-refractivity contribution in [2.24, 2.45) is 0 Å². The summed E-state index contributed by atoms with van der Waals surface area (Å²) < 4.78 is 5.22. The number of nitrogens with one attached hydrogen (secondary N) is 2. The van der Waals surface area contributed by atoms with Gasteiger partial charge < -0.3 is 20.0 Å². The van der Waals surface area contributed by atoms with Crippen LogP contribution < -0.4 is 21.2 Å². The highest BCUT2D eigenvalue weighted by Gasteiger charge is 2.15. The van der Waals surface area contributed by atoms with Gasteiger partial charge in [0.05, 0.1) is 0 Å². The van der Waals surface area contributed by atoms with Gasteiger partial charge in [0, 0.05) is 43.3 Å². The van der Waals surface area contributed by atoms with Crippen LogP contribution in [0, 0.1) is 6.92 Å². The highest BCUT2D eigenvalue weighted by molar-refractivity contribution is 5.96. The fourth-order valence-electron chi connectivity index (χ4n) is 3.58. The van der Waals surface area contributed by atoms with E-state index < -0.39 is 11.5 Å². The average molecular weight is 407 g/mol. The number of carbonyl (C=O) groups is 1. The molecule has 0 spiro atoms. The Balaban J connectivity index is 1.35. The molecule has 3 heterocycles. The van der Waals surface area contributed by atoms with Gasteiger partial charge in [0.2, 0.25) is 5.95 Å². The van der Waals surface area contributed by atoms with Crippen molar-refractivity contribution in [3.63, 3.8) is 0 Å². The second-order valence-corrected chi connectivity index (χ2v) is 7.41. The maximum Gasteiger partial charge on any atom is 0.349 e. The van der Waals surface area contributed by atoms with E-state index in [0.29, 0.717) is 30.0 Å². The number of amides is 1. The Bertz CT molecular complexity index is 1110. The van der Waals surface area contributed by atoms with Crippen LogP contribution in [0.4, 0.5) is 11.8 Å². The summed E-state index contributed by atoms with van der Waals surface area (Å²) >= 11 is 0. The number of anilines is 2. The predicted molar refractivity (Wildman–Crippen MR) is 116 cm³/mol. The van der Waals surface area contributed by atoms with Crippen LogP contribution in [0.5, 0.6) is 0 Å². The number of benzene rings is 1. The lowest BCUT2D eigenvalue weighted by molar-refractivity contribution is 0.0951. The number of carbonyl (C=O) groups excluding carboxylic acids is 1. The van der Waals surface area contributed by atoms with E-state index in [1.54, 1.807) is 24.3 Å². The second kappa shape index (κ2) is 8.94. The van der Waals surface area contributed by atoms with E-state index in [0.717, 1.165) is 24.6 Å². The van der Waals surface area contributed by atoms with E-state index in [1.807, 2.05) is 19.1 Å². The van der Waals surface area contributed by atoms with Crippen molar-refractivity contribution < 1.29 is 9.21 Å². The summed E-state index contributed by atoms with van der Waals surface area (Å²) in [5, 5.41) is 6.60. The molecule has 3 aromatic rings. The van der Waals surface area contributed by atoms with Crippen LogP contribution in [0.15, 0.2) is 45.6 Å². The highest BCUT2D eigenvalue weighted by Crippen LogP contribution is 2.19. The fourth-order valence-corrected chi connectivity index (χ4v) is 3.58. The molecule has 2 aromatic heterocycles. The van der Waals surface area contributed by atoms with Crippen LogP contribution in [-0.4, -0.2) is 42.1 Å². The second-order valence-electron chi connectivity index (χ2n) is 7.41. The van der Waals surface area contributed by atoms with Gasteiger partial charge in [-0.2, -0.15) is 4.98 Å². The minimum atomic E-state index is -0.646. The van der Waals surface area contributed by atoms with Gasteiger partial charge in [-0.05, 0) is 38.3 Å². The lowest BCUT2D eigenvalue weighted by atomic mass is 10.1. The number of nitrogens with zero attached hydrogens (tertiary/aromatic N) is 3. The van der Waals surface area contributed by atoms with Crippen molar-refractivity contribution in [2.75, 3.05) is 36.4 Å². The van der Waals surface area contributed by atoms with Crippen molar-refractivity contribution >= 4 is 28.6 Å². The van der Waals surface area contributed by atoms with Gasteiger partial charge in [-0.3, -0.25) is 4.79 Å². The summed E-state index contributed by atoms with van der Waals surface area (Å²) in [5.74, 6) is 1.01. The molecule has 1 aromatic carbocycles. The van der Waals surface area contributed by atoms with Gasteiger partial charge >= 0.3 is 5.63 Å². The molecule has 0 unspecified atom stereocenters. The zero-order chi connectivity index (χ0) is 20.9. The standard InChI is InChI=1S/C22H25N5O3/c1-15-13-19(27-11-5-2-6-12-27)26-22(25-15)24-10-9-23-20(28)17-14-16-7-3-4-8-18(16)30-21(17)29/h3-4,7-8,13-14H,2,5-6,9-12H2,1H3,(H,23,28)(H,24,25,26). The third-order valence-electron chi connectivity index (χ3n) is 5.10. The first-order valence-corrected chi connectivity index (χ1v) is 10.3. The molecule has 156 valence electrons. The monoisotopic (exact) mass is 407 g/mol. The Kier molecular flexibility index (Phi) is 5.92. The van der Waals surface area contributed by atoms with E-state index in [9.17, 15) is 9.59 Å². The Hall–Kier alpha value is -3.42. The summed E-state index contributed by atoms with van der Waals surface area (Å²) in [5.41, 5.74) is 0.702. The first kappa shape index (κ1) is 19.9. The van der Waals surface area contributed by atoms with Gasteiger partial charge in [-0.1, -0.05) is 18.2 Å². The molecule has 0 bridgehead atoms. The summed E-state index contributed by atoms with van der Waals surface area (Å²) in [4.78, 5) is 35.8. The number of rotatable bonds is 6. The Morgan fingerprint density at radius 1 is 1.10 bits per heavy atom. The van der Waals surface area contributed by atoms with E-state index in [4.69, 9.17) is 4.42 Å². The molecule has 1 aliphatic heterocycles. The average Bonchev–Trinajstić information content (AvgIpc) is 2.76. The molecule has 4 rings (SSSR count). The topological polar surface area (TPSA) is 100 Å². The van der Waals surface area contributed by atoms with Gasteiger partial charge in [0.15, 0.2) is 0 Å². The number of hydrogen-bond acceptors (Lipinski definition) is 7. The van der Waals surface area contributed by atoms with Gasteiger partial charge in [0.1, 0.15) is 17.0 Å². The number of aromatic nitrogens is 2. The maximum atomic E-state index is 12.4. The minimum absolute atomic E-state index is 0.00658. The van der Waals surface area contributed by atoms with Crippen LogP contribution >= 0.6 is 0 Å². The van der Waals surface area contributed by atoms with Crippen LogP contribution in [0.2, 0.25) is 0 Å². The maximum absolute atomic E-state index is 12.4. The molecule has 1 amide bonds. The molecule has 1 saturated heterocycles. The Morgan fingerprint density at radius 2 is 1.90 bits per heavy atom. The minimum Gasteiger partial charge on any atom is -0.422 e. The summed E-state index contributed by atoms with van der Waals surface area (Å²) in [6.07, 6.45) is 3.63. The molecule has 1 aliphatic rings. The predicted octanol–water partition coefficient (Wildman–Crippen LogP) is 2.72. The van der Waals surface area contributed by atoms with Gasteiger partial charge in [-0.25, -0.2) is 9.78 Å². The normalized spacial score (nSPS) is 14.0. The summed E-state index contributed by atoms with van der Waals surface area (Å²) in [6, 6.07) is 10.7. The molecular formula is C22H25N5O3. The lowest BCUT2D eigenvalue weighted by Gasteiger charge is -2.28. The molecule has 8 nitrogen and oxygen atoms in total. The molecular weight excluding hydrogens is 382 g/mol. The molecule has 0 saturated carbocycles. The number of hydrogen-bond donors (Lipinski definition) is 2. The Labute approximate surface area is 174 Å². The van der Waals surface area contributed by atoms with E-state index in [2.05, 4.69) is 25.5 Å². The Morgan fingerprint density at radius 3 is 2.73 bits per heavy atom. The van der Waals surface area contributed by atoms with Crippen molar-refractivity contribution in [2.45, 2.75) is 26.2 Å². The smallest absolute Gasteiger partial charge is 0.349 e. The molecule has 0 atom stereocenters. The zero-order valence-electron chi connectivity index (χ0n) is 17.0.